The predicted molar refractivity (Wildman–Crippen MR) is 236 cm³/mol. The lowest BCUT2D eigenvalue weighted by Gasteiger charge is -2.22. The predicted octanol–water partition coefficient (Wildman–Crippen LogP) is 13.8. The first kappa shape index (κ1) is 36.7. The van der Waals surface area contributed by atoms with Gasteiger partial charge in [0.05, 0.1) is 22.1 Å². The number of rotatable bonds is 4. The van der Waals surface area contributed by atoms with Crippen LogP contribution in [0.2, 0.25) is 0 Å². The lowest BCUT2D eigenvalue weighted by Crippen LogP contribution is -2.14. The zero-order valence-electron chi connectivity index (χ0n) is 33.0. The summed E-state index contributed by atoms with van der Waals surface area (Å²) in [5, 5.41) is 2.60. The molecule has 5 aromatic carbocycles. The van der Waals surface area contributed by atoms with E-state index in [1.807, 2.05) is 60.7 Å². The molecule has 4 heteroatoms. The quantitative estimate of drug-likeness (QED) is 0.169. The molecule has 4 nitrogen and oxygen atoms in total. The number of para-hydroxylation sites is 2. The van der Waals surface area contributed by atoms with Gasteiger partial charge in [0.2, 0.25) is 0 Å². The third-order valence-electron chi connectivity index (χ3n) is 13.3. The largest absolute Gasteiger partial charge is 0.309 e. The molecule has 56 heavy (non-hydrogen) atoms. The van der Waals surface area contributed by atoms with Crippen molar-refractivity contribution in [3.63, 3.8) is 0 Å². The van der Waals surface area contributed by atoms with E-state index in [9.17, 15) is 9.59 Å². The molecule has 286 valence electrons. The smallest absolute Gasteiger partial charge is 0.197 e. The van der Waals surface area contributed by atoms with Gasteiger partial charge in [-0.25, -0.2) is 0 Å². The summed E-state index contributed by atoms with van der Waals surface area (Å²) in [6, 6.07) is 38.0. The van der Waals surface area contributed by atoms with E-state index in [1.54, 1.807) is 0 Å². The van der Waals surface area contributed by atoms with Gasteiger partial charge in [-0.2, -0.15) is 0 Å². The minimum absolute atomic E-state index is 0.00891. The average Bonchev–Trinajstić information content (AvgIpc) is 3.25. The van der Waals surface area contributed by atoms with Gasteiger partial charge in [-0.05, 0) is 109 Å². The van der Waals surface area contributed by atoms with Crippen molar-refractivity contribution in [1.29, 1.82) is 0 Å². The van der Waals surface area contributed by atoms with Gasteiger partial charge in [0.15, 0.2) is 10.9 Å². The fourth-order valence-corrected chi connectivity index (χ4v) is 10.2. The first-order valence-electron chi connectivity index (χ1n) is 21.9. The molecular formula is C52H56N2O2. The summed E-state index contributed by atoms with van der Waals surface area (Å²) in [6.07, 6.45) is 23.7. The Morgan fingerprint density at radius 2 is 0.661 bits per heavy atom. The molecule has 0 radical (unpaired) electrons. The summed E-state index contributed by atoms with van der Waals surface area (Å²) >= 11 is 0. The normalized spacial score (nSPS) is 17.4. The Morgan fingerprint density at radius 1 is 0.339 bits per heavy atom. The number of nitrogens with zero attached hydrogens (tertiary/aromatic N) is 2. The van der Waals surface area contributed by atoms with Gasteiger partial charge in [-0.1, -0.05) is 138 Å². The van der Waals surface area contributed by atoms with Crippen LogP contribution in [0.15, 0.2) is 119 Å². The van der Waals surface area contributed by atoms with Gasteiger partial charge < -0.3 is 9.13 Å². The number of benzene rings is 5. The third kappa shape index (κ3) is 7.24. The molecule has 0 saturated heterocycles. The zero-order valence-corrected chi connectivity index (χ0v) is 33.0. The summed E-state index contributed by atoms with van der Waals surface area (Å²) < 4.78 is 4.41. The number of pyridine rings is 2. The summed E-state index contributed by atoms with van der Waals surface area (Å²) in [5.41, 5.74) is 8.05. The summed E-state index contributed by atoms with van der Waals surface area (Å²) in [4.78, 5) is 29.0. The molecule has 2 aliphatic rings. The van der Waals surface area contributed by atoms with E-state index in [4.69, 9.17) is 0 Å². The highest BCUT2D eigenvalue weighted by Crippen LogP contribution is 2.35. The molecule has 0 N–H and O–H groups in total. The fraction of sp³-hybridized carbons (Fsp3) is 0.385. The minimum Gasteiger partial charge on any atom is -0.309 e. The molecule has 2 aliphatic carbocycles. The molecule has 0 atom stereocenters. The molecule has 0 amide bonds. The Morgan fingerprint density at radius 3 is 1.02 bits per heavy atom. The lowest BCUT2D eigenvalue weighted by atomic mass is 9.87. The van der Waals surface area contributed by atoms with Gasteiger partial charge in [0, 0.05) is 32.9 Å². The SMILES string of the molecule is O=c1c2ccccc2n(-c2ccc(C3CCCCCCCCC3)cc2)c2cc3c(=O)c4ccccc4n(-c4ccc(C5CCCCCCCCC5)cc4)c3cc12. The Bertz CT molecular complexity index is 2390. The molecule has 0 unspecified atom stereocenters. The summed E-state index contributed by atoms with van der Waals surface area (Å²) in [7, 11) is 0. The Balaban J connectivity index is 1.19. The topological polar surface area (TPSA) is 44.0 Å². The monoisotopic (exact) mass is 740 g/mol. The van der Waals surface area contributed by atoms with E-state index in [-0.39, 0.29) is 10.9 Å². The molecule has 0 bridgehead atoms. The van der Waals surface area contributed by atoms with Crippen LogP contribution in [-0.4, -0.2) is 9.13 Å². The highest BCUT2D eigenvalue weighted by atomic mass is 16.1. The maximum absolute atomic E-state index is 14.5. The van der Waals surface area contributed by atoms with Gasteiger partial charge in [0.1, 0.15) is 0 Å². The van der Waals surface area contributed by atoms with Crippen LogP contribution in [0.25, 0.3) is 55.0 Å². The van der Waals surface area contributed by atoms with E-state index in [1.165, 1.54) is 127 Å². The van der Waals surface area contributed by atoms with E-state index in [0.717, 1.165) is 33.4 Å². The highest BCUT2D eigenvalue weighted by molar-refractivity contribution is 6.05. The second-order valence-electron chi connectivity index (χ2n) is 16.9. The second kappa shape index (κ2) is 16.6. The summed E-state index contributed by atoms with van der Waals surface area (Å²) in [5.74, 6) is 1.17. The first-order valence-corrected chi connectivity index (χ1v) is 21.9. The lowest BCUT2D eigenvalue weighted by molar-refractivity contribution is 0.463. The number of hydrogen-bond acceptors (Lipinski definition) is 2. The molecule has 2 saturated carbocycles. The van der Waals surface area contributed by atoms with Crippen molar-refractivity contribution < 1.29 is 0 Å². The van der Waals surface area contributed by atoms with Crippen molar-refractivity contribution in [2.45, 2.75) is 127 Å². The molecule has 2 fully saturated rings. The van der Waals surface area contributed by atoms with Crippen LogP contribution in [-0.2, 0) is 0 Å². The highest BCUT2D eigenvalue weighted by Gasteiger charge is 2.20. The van der Waals surface area contributed by atoms with Crippen LogP contribution in [0.5, 0.6) is 0 Å². The Kier molecular flexibility index (Phi) is 10.9. The van der Waals surface area contributed by atoms with Crippen LogP contribution in [0.4, 0.5) is 0 Å². The second-order valence-corrected chi connectivity index (χ2v) is 16.9. The van der Waals surface area contributed by atoms with Crippen molar-refractivity contribution in [3.05, 3.63) is 141 Å². The van der Waals surface area contributed by atoms with Crippen molar-refractivity contribution in [1.82, 2.24) is 9.13 Å². The van der Waals surface area contributed by atoms with Crippen molar-refractivity contribution in [2.24, 2.45) is 0 Å². The standard InChI is InChI=1S/C52H56N2O2/c55-51-43-23-15-17-25-47(43)53(41-31-27-39(28-32-41)37-19-11-7-3-1-4-8-12-20-37)49-35-46-50(36-45(49)51)54(48-26-18-16-24-44(48)52(46)56)42-33-29-40(30-34-42)38-21-13-9-5-2-6-10-14-22-38/h15-18,23-38H,1-14,19-22H2. The van der Waals surface area contributed by atoms with Gasteiger partial charge in [0.25, 0.3) is 0 Å². The van der Waals surface area contributed by atoms with E-state index < -0.39 is 0 Å². The van der Waals surface area contributed by atoms with Crippen molar-refractivity contribution >= 4 is 43.6 Å². The molecule has 7 aromatic rings. The van der Waals surface area contributed by atoms with E-state index in [2.05, 4.69) is 57.7 Å². The Labute approximate surface area is 331 Å². The maximum Gasteiger partial charge on any atom is 0.197 e. The number of aromatic nitrogens is 2. The number of fused-ring (bicyclic) bond motifs is 4. The first-order chi connectivity index (χ1) is 27.7. The van der Waals surface area contributed by atoms with Crippen LogP contribution in [0.1, 0.15) is 139 Å². The maximum atomic E-state index is 14.5. The Hall–Kier alpha value is -4.96. The van der Waals surface area contributed by atoms with Crippen LogP contribution in [0.3, 0.4) is 0 Å². The average molecular weight is 741 g/mol. The van der Waals surface area contributed by atoms with Crippen LogP contribution >= 0.6 is 0 Å². The van der Waals surface area contributed by atoms with Gasteiger partial charge >= 0.3 is 0 Å². The van der Waals surface area contributed by atoms with E-state index in [0.29, 0.717) is 33.4 Å². The third-order valence-corrected chi connectivity index (χ3v) is 13.3. The molecule has 0 aliphatic heterocycles. The fourth-order valence-electron chi connectivity index (χ4n) is 10.2. The van der Waals surface area contributed by atoms with Gasteiger partial charge in [-0.3, -0.25) is 9.59 Å². The molecule has 9 rings (SSSR count). The molecule has 2 heterocycles. The molecule has 2 aromatic heterocycles. The number of hydrogen-bond donors (Lipinski definition) is 0. The van der Waals surface area contributed by atoms with Crippen LogP contribution in [0, 0.1) is 0 Å². The van der Waals surface area contributed by atoms with E-state index >= 15 is 0 Å². The molecule has 0 spiro atoms. The van der Waals surface area contributed by atoms with Crippen molar-refractivity contribution in [3.8, 4) is 11.4 Å². The zero-order chi connectivity index (χ0) is 37.8. The van der Waals surface area contributed by atoms with Gasteiger partial charge in [-0.15, -0.1) is 0 Å². The minimum atomic E-state index is -0.00891. The van der Waals surface area contributed by atoms with Crippen molar-refractivity contribution in [2.75, 3.05) is 0 Å². The molecular weight excluding hydrogens is 685 g/mol. The van der Waals surface area contributed by atoms with Crippen LogP contribution < -0.4 is 10.9 Å². The summed E-state index contributed by atoms with van der Waals surface area (Å²) in [6.45, 7) is 0.